The molecule has 0 amide bonds. The molecule has 1 aromatic heterocycles. The van der Waals surface area contributed by atoms with Crippen molar-refractivity contribution in [1.82, 2.24) is 25.0 Å². The summed E-state index contributed by atoms with van der Waals surface area (Å²) >= 11 is 0. The first-order chi connectivity index (χ1) is 9.86. The van der Waals surface area contributed by atoms with Crippen LogP contribution in [-0.2, 0) is 13.1 Å². The van der Waals surface area contributed by atoms with Crippen molar-refractivity contribution in [3.05, 3.63) is 12.2 Å². The van der Waals surface area contributed by atoms with Crippen LogP contribution in [0.3, 0.4) is 0 Å². The highest BCUT2D eigenvalue weighted by Gasteiger charge is 2.28. The molecule has 2 heterocycles. The van der Waals surface area contributed by atoms with Gasteiger partial charge >= 0.3 is 0 Å². The summed E-state index contributed by atoms with van der Waals surface area (Å²) in [6.45, 7) is 16.6. The molecule has 21 heavy (non-hydrogen) atoms. The van der Waals surface area contributed by atoms with E-state index in [0.29, 0.717) is 12.0 Å². The van der Waals surface area contributed by atoms with Gasteiger partial charge in [-0.15, -0.1) is 0 Å². The molecule has 1 fully saturated rings. The van der Waals surface area contributed by atoms with Gasteiger partial charge in [-0.1, -0.05) is 34.6 Å². The molecule has 0 saturated carbocycles. The Balaban J connectivity index is 2.02. The van der Waals surface area contributed by atoms with E-state index in [2.05, 4.69) is 59.6 Å². The smallest absolute Gasteiger partial charge is 0.141 e. The zero-order chi connectivity index (χ0) is 15.5. The Hall–Kier alpha value is -0.940. The summed E-state index contributed by atoms with van der Waals surface area (Å²) in [5.74, 6) is 1.69. The fraction of sp³-hybridized carbons (Fsp3) is 0.875. The van der Waals surface area contributed by atoms with E-state index in [1.54, 1.807) is 6.33 Å². The minimum Gasteiger partial charge on any atom is -0.312 e. The van der Waals surface area contributed by atoms with E-state index in [1.165, 1.54) is 6.42 Å². The standard InChI is InChI=1S/C16H31N5/c1-13(2)9-21-15(18-12-19-21)11-20-8-6-7-17-14(10-20)16(3,4)5/h12-14,17H,6-11H2,1-5H3. The van der Waals surface area contributed by atoms with E-state index in [9.17, 15) is 0 Å². The normalized spacial score (nSPS) is 21.7. The van der Waals surface area contributed by atoms with Gasteiger partial charge in [-0.3, -0.25) is 4.90 Å². The average molecular weight is 293 g/mol. The Labute approximate surface area is 129 Å². The summed E-state index contributed by atoms with van der Waals surface area (Å²) in [5.41, 5.74) is 0.286. The van der Waals surface area contributed by atoms with Crippen LogP contribution < -0.4 is 5.32 Å². The SMILES string of the molecule is CC(C)Cn1ncnc1CN1CCCNC(C(C)(C)C)C1. The van der Waals surface area contributed by atoms with Gasteiger partial charge in [0.05, 0.1) is 6.54 Å². The highest BCUT2D eigenvalue weighted by Crippen LogP contribution is 2.22. The maximum atomic E-state index is 4.47. The molecule has 0 bridgehead atoms. The maximum Gasteiger partial charge on any atom is 0.141 e. The van der Waals surface area contributed by atoms with Crippen molar-refractivity contribution in [2.45, 2.75) is 60.2 Å². The summed E-state index contributed by atoms with van der Waals surface area (Å²) in [6, 6.07) is 0.529. The molecule has 2 rings (SSSR count). The van der Waals surface area contributed by atoms with Crippen molar-refractivity contribution in [3.8, 4) is 0 Å². The molecular weight excluding hydrogens is 262 g/mol. The monoisotopic (exact) mass is 293 g/mol. The summed E-state index contributed by atoms with van der Waals surface area (Å²) in [4.78, 5) is 7.00. The third-order valence-electron chi connectivity index (χ3n) is 4.13. The van der Waals surface area contributed by atoms with E-state index >= 15 is 0 Å². The molecule has 1 N–H and O–H groups in total. The van der Waals surface area contributed by atoms with Crippen LogP contribution >= 0.6 is 0 Å². The van der Waals surface area contributed by atoms with E-state index < -0.39 is 0 Å². The van der Waals surface area contributed by atoms with Crippen LogP contribution in [0.5, 0.6) is 0 Å². The van der Waals surface area contributed by atoms with Crippen LogP contribution in [0.2, 0.25) is 0 Å². The first kappa shape index (κ1) is 16.4. The van der Waals surface area contributed by atoms with E-state index in [1.807, 2.05) is 0 Å². The summed E-state index contributed by atoms with van der Waals surface area (Å²) in [6.07, 6.45) is 2.89. The second kappa shape index (κ2) is 6.88. The van der Waals surface area contributed by atoms with Crippen molar-refractivity contribution >= 4 is 0 Å². The molecule has 1 aliphatic heterocycles. The lowest BCUT2D eigenvalue weighted by Crippen LogP contribution is -2.46. The fourth-order valence-electron chi connectivity index (χ4n) is 2.83. The van der Waals surface area contributed by atoms with Crippen LogP contribution in [0, 0.1) is 11.3 Å². The topological polar surface area (TPSA) is 46.0 Å². The second-order valence-electron chi connectivity index (χ2n) is 7.71. The summed E-state index contributed by atoms with van der Waals surface area (Å²) < 4.78 is 2.06. The number of nitrogens with one attached hydrogen (secondary N) is 1. The van der Waals surface area contributed by atoms with Gasteiger partial charge in [-0.25, -0.2) is 9.67 Å². The van der Waals surface area contributed by atoms with Crippen LogP contribution in [0.4, 0.5) is 0 Å². The first-order valence-corrected chi connectivity index (χ1v) is 8.18. The molecule has 5 heteroatoms. The quantitative estimate of drug-likeness (QED) is 0.924. The third kappa shape index (κ3) is 4.78. The Bertz CT molecular complexity index is 432. The van der Waals surface area contributed by atoms with Crippen molar-refractivity contribution in [3.63, 3.8) is 0 Å². The molecule has 1 atom stereocenters. The van der Waals surface area contributed by atoms with Gasteiger partial charge in [-0.2, -0.15) is 5.10 Å². The zero-order valence-electron chi connectivity index (χ0n) is 14.3. The predicted molar refractivity (Wildman–Crippen MR) is 86.0 cm³/mol. The molecule has 0 spiro atoms. The first-order valence-electron chi connectivity index (χ1n) is 8.18. The Kier molecular flexibility index (Phi) is 5.38. The molecule has 0 aromatic carbocycles. The van der Waals surface area contributed by atoms with Gasteiger partial charge in [-0.05, 0) is 30.8 Å². The number of rotatable bonds is 4. The zero-order valence-corrected chi connectivity index (χ0v) is 14.3. The third-order valence-corrected chi connectivity index (χ3v) is 4.13. The Morgan fingerprint density at radius 2 is 2.14 bits per heavy atom. The molecule has 120 valence electrons. The number of nitrogens with zero attached hydrogens (tertiary/aromatic N) is 4. The predicted octanol–water partition coefficient (Wildman–Crippen LogP) is 2.14. The Morgan fingerprint density at radius 1 is 1.38 bits per heavy atom. The Morgan fingerprint density at radius 3 is 2.81 bits per heavy atom. The molecule has 1 aromatic rings. The van der Waals surface area contributed by atoms with Gasteiger partial charge in [0, 0.05) is 19.1 Å². The van der Waals surface area contributed by atoms with Crippen molar-refractivity contribution in [2.24, 2.45) is 11.3 Å². The van der Waals surface area contributed by atoms with E-state index in [-0.39, 0.29) is 5.41 Å². The summed E-state index contributed by atoms with van der Waals surface area (Å²) in [7, 11) is 0. The van der Waals surface area contributed by atoms with Gasteiger partial charge in [0.15, 0.2) is 0 Å². The van der Waals surface area contributed by atoms with E-state index in [4.69, 9.17) is 0 Å². The van der Waals surface area contributed by atoms with Crippen LogP contribution in [0.15, 0.2) is 6.33 Å². The van der Waals surface area contributed by atoms with Crippen LogP contribution in [0.1, 0.15) is 46.9 Å². The number of hydrogen-bond acceptors (Lipinski definition) is 4. The van der Waals surface area contributed by atoms with Crippen molar-refractivity contribution < 1.29 is 0 Å². The molecule has 0 aliphatic carbocycles. The molecule has 1 aliphatic rings. The molecule has 1 unspecified atom stereocenters. The average Bonchev–Trinajstić information content (AvgIpc) is 2.64. The number of aromatic nitrogens is 3. The lowest BCUT2D eigenvalue weighted by atomic mass is 9.86. The lowest BCUT2D eigenvalue weighted by molar-refractivity contribution is 0.186. The van der Waals surface area contributed by atoms with Crippen LogP contribution in [-0.4, -0.2) is 45.3 Å². The molecular formula is C16H31N5. The molecule has 5 nitrogen and oxygen atoms in total. The van der Waals surface area contributed by atoms with Crippen molar-refractivity contribution in [2.75, 3.05) is 19.6 Å². The fourth-order valence-corrected chi connectivity index (χ4v) is 2.83. The largest absolute Gasteiger partial charge is 0.312 e. The maximum absolute atomic E-state index is 4.47. The van der Waals surface area contributed by atoms with Gasteiger partial charge < -0.3 is 5.32 Å². The van der Waals surface area contributed by atoms with Gasteiger partial charge in [0.25, 0.3) is 0 Å². The van der Waals surface area contributed by atoms with Gasteiger partial charge in [0.2, 0.25) is 0 Å². The lowest BCUT2D eigenvalue weighted by Gasteiger charge is -2.33. The minimum atomic E-state index is 0.286. The second-order valence-corrected chi connectivity index (χ2v) is 7.71. The number of hydrogen-bond donors (Lipinski definition) is 1. The van der Waals surface area contributed by atoms with Crippen molar-refractivity contribution in [1.29, 1.82) is 0 Å². The highest BCUT2D eigenvalue weighted by atomic mass is 15.3. The van der Waals surface area contributed by atoms with E-state index in [0.717, 1.165) is 38.5 Å². The van der Waals surface area contributed by atoms with Crippen LogP contribution in [0.25, 0.3) is 0 Å². The summed E-state index contributed by atoms with van der Waals surface area (Å²) in [5, 5.41) is 8.07. The molecule has 1 saturated heterocycles. The van der Waals surface area contributed by atoms with Gasteiger partial charge in [0.1, 0.15) is 12.2 Å². The minimum absolute atomic E-state index is 0.286. The highest BCUT2D eigenvalue weighted by molar-refractivity contribution is 4.90. The molecule has 0 radical (unpaired) electrons.